The van der Waals surface area contributed by atoms with E-state index < -0.39 is 0 Å². The van der Waals surface area contributed by atoms with Gasteiger partial charge >= 0.3 is 0 Å². The van der Waals surface area contributed by atoms with E-state index >= 15 is 0 Å². The average molecular weight is 111 g/mol. The van der Waals surface area contributed by atoms with E-state index in [1.807, 2.05) is 11.4 Å². The first kappa shape index (κ1) is 4.53. The van der Waals surface area contributed by atoms with Crippen molar-refractivity contribution in [1.29, 1.82) is 0 Å². The van der Waals surface area contributed by atoms with Crippen LogP contribution >= 0.6 is 11.3 Å². The van der Waals surface area contributed by atoms with E-state index in [4.69, 9.17) is 0 Å². The van der Waals surface area contributed by atoms with Crippen molar-refractivity contribution in [2.75, 3.05) is 0 Å². The van der Waals surface area contributed by atoms with Crippen LogP contribution in [0.3, 0.4) is 0 Å². The minimum atomic E-state index is 0.667. The summed E-state index contributed by atoms with van der Waals surface area (Å²) < 4.78 is 0. The van der Waals surface area contributed by atoms with Crippen molar-refractivity contribution in [3.63, 3.8) is 0 Å². The Morgan fingerprint density at radius 3 is 2.86 bits per heavy atom. The van der Waals surface area contributed by atoms with Gasteiger partial charge in [0.15, 0.2) is 0 Å². The molecule has 0 N–H and O–H groups in total. The van der Waals surface area contributed by atoms with E-state index in [0.717, 1.165) is 0 Å². The van der Waals surface area contributed by atoms with Gasteiger partial charge in [0.25, 0.3) is 0 Å². The van der Waals surface area contributed by atoms with Gasteiger partial charge in [0.05, 0.1) is 4.88 Å². The van der Waals surface area contributed by atoms with Gasteiger partial charge < -0.3 is 0 Å². The Bertz CT molecular complexity index is 143. The van der Waals surface area contributed by atoms with Crippen molar-refractivity contribution >= 4 is 17.6 Å². The predicted molar refractivity (Wildman–Crippen MR) is 29.1 cm³/mol. The van der Waals surface area contributed by atoms with Crippen LogP contribution in [0.4, 0.5) is 0 Å². The maximum absolute atomic E-state index is 9.75. The van der Waals surface area contributed by atoms with Crippen LogP contribution in [0.5, 0.6) is 0 Å². The van der Waals surface area contributed by atoms with Crippen LogP contribution < -0.4 is 0 Å². The molecule has 0 amide bonds. The molecule has 0 aliphatic carbocycles. The summed E-state index contributed by atoms with van der Waals surface area (Å²) in [5, 5.41) is 1.85. The molecule has 1 nitrogen and oxygen atoms in total. The third-order valence-corrected chi connectivity index (χ3v) is 1.39. The van der Waals surface area contributed by atoms with Crippen LogP contribution in [-0.4, -0.2) is 6.29 Å². The second-order valence-electron chi connectivity index (χ2n) is 1.08. The largest absolute Gasteiger partial charge is 0.284 e. The van der Waals surface area contributed by atoms with Crippen LogP contribution in [0, 0.1) is 0 Å². The fourth-order valence-corrected chi connectivity index (χ4v) is 0.846. The highest BCUT2D eigenvalue weighted by atomic mass is 32.1. The summed E-state index contributed by atoms with van der Waals surface area (Å²) in [5.41, 5.74) is 0. The number of rotatable bonds is 1. The van der Waals surface area contributed by atoms with E-state index in [1.165, 1.54) is 11.3 Å². The third-order valence-electron chi connectivity index (χ3n) is 0.622. The van der Waals surface area contributed by atoms with E-state index in [1.54, 1.807) is 12.4 Å². The zero-order chi connectivity index (χ0) is 5.11. The Morgan fingerprint density at radius 1 is 1.71 bits per heavy atom. The summed E-state index contributed by atoms with van der Waals surface area (Å²) >= 11 is 1.40. The first-order valence-electron chi connectivity index (χ1n) is 1.85. The SMILES string of the molecule is O=[C]c1cccs1. The molecule has 0 saturated heterocycles. The molecule has 0 unspecified atom stereocenters. The molecule has 1 radical (unpaired) electrons. The molecule has 0 bridgehead atoms. The second kappa shape index (κ2) is 1.89. The van der Waals surface area contributed by atoms with Gasteiger partial charge in [0, 0.05) is 0 Å². The highest BCUT2D eigenvalue weighted by molar-refractivity contribution is 7.11. The molecule has 0 aliphatic rings. The topological polar surface area (TPSA) is 17.1 Å². The third kappa shape index (κ3) is 0.871. The summed E-state index contributed by atoms with van der Waals surface area (Å²) in [4.78, 5) is 10.4. The standard InChI is InChI=1S/C5H3OS/c6-4-5-2-1-3-7-5/h1-3H. The smallest absolute Gasteiger partial charge is 0.244 e. The summed E-state index contributed by atoms with van der Waals surface area (Å²) in [6.07, 6.45) is 1.78. The molecule has 1 aromatic heterocycles. The van der Waals surface area contributed by atoms with Crippen molar-refractivity contribution in [1.82, 2.24) is 0 Å². The zero-order valence-corrected chi connectivity index (χ0v) is 4.37. The molecule has 0 atom stereocenters. The van der Waals surface area contributed by atoms with Gasteiger partial charge in [-0.15, -0.1) is 11.3 Å². The predicted octanol–water partition coefficient (Wildman–Crippen LogP) is 1.21. The fourth-order valence-electron chi connectivity index (χ4n) is 0.337. The Balaban J connectivity index is 2.96. The van der Waals surface area contributed by atoms with Crippen LogP contribution in [0.1, 0.15) is 4.88 Å². The molecule has 1 rings (SSSR count). The molecule has 1 heterocycles. The first-order valence-corrected chi connectivity index (χ1v) is 2.73. The number of carbonyl (C=O) groups excluding carboxylic acids is 1. The molecule has 0 spiro atoms. The highest BCUT2D eigenvalue weighted by Gasteiger charge is 1.84. The molecule has 0 aliphatic heterocycles. The molecular weight excluding hydrogens is 108 g/mol. The molecule has 1 aromatic rings. The van der Waals surface area contributed by atoms with Gasteiger partial charge in [0.2, 0.25) is 6.29 Å². The van der Waals surface area contributed by atoms with Gasteiger partial charge in [-0.1, -0.05) is 6.07 Å². The zero-order valence-electron chi connectivity index (χ0n) is 3.55. The monoisotopic (exact) mass is 111 g/mol. The van der Waals surface area contributed by atoms with E-state index in [-0.39, 0.29) is 0 Å². The maximum Gasteiger partial charge on any atom is 0.244 e. The van der Waals surface area contributed by atoms with Gasteiger partial charge in [0.1, 0.15) is 0 Å². The van der Waals surface area contributed by atoms with Gasteiger partial charge in [-0.25, -0.2) is 0 Å². The molecule has 0 aromatic carbocycles. The Kier molecular flexibility index (Phi) is 1.22. The lowest BCUT2D eigenvalue weighted by molar-refractivity contribution is 0.563. The summed E-state index contributed by atoms with van der Waals surface area (Å²) in [5.74, 6) is 0. The Labute approximate surface area is 45.6 Å². The molecule has 35 valence electrons. The van der Waals surface area contributed by atoms with Crippen molar-refractivity contribution in [3.05, 3.63) is 22.4 Å². The number of hydrogen-bond donors (Lipinski definition) is 0. The highest BCUT2D eigenvalue weighted by Crippen LogP contribution is 2.02. The van der Waals surface area contributed by atoms with Crippen LogP contribution in [0.25, 0.3) is 0 Å². The summed E-state index contributed by atoms with van der Waals surface area (Å²) in [6.45, 7) is 0. The Hall–Kier alpha value is -0.630. The minimum absolute atomic E-state index is 0.667. The van der Waals surface area contributed by atoms with Crippen molar-refractivity contribution in [3.8, 4) is 0 Å². The molecular formula is C5H3OS. The molecule has 7 heavy (non-hydrogen) atoms. The van der Waals surface area contributed by atoms with Crippen molar-refractivity contribution < 1.29 is 4.79 Å². The lowest BCUT2D eigenvalue weighted by atomic mass is 10.5. The summed E-state index contributed by atoms with van der Waals surface area (Å²) in [7, 11) is 0. The van der Waals surface area contributed by atoms with E-state index in [0.29, 0.717) is 4.88 Å². The number of thiophene rings is 1. The normalized spacial score (nSPS) is 8.57. The summed E-state index contributed by atoms with van der Waals surface area (Å²) in [6, 6.07) is 3.56. The molecule has 0 fully saturated rings. The van der Waals surface area contributed by atoms with Crippen LogP contribution in [-0.2, 0) is 4.79 Å². The maximum atomic E-state index is 9.75. The van der Waals surface area contributed by atoms with Crippen LogP contribution in [0.15, 0.2) is 17.5 Å². The van der Waals surface area contributed by atoms with E-state index in [9.17, 15) is 4.79 Å². The Morgan fingerprint density at radius 2 is 2.57 bits per heavy atom. The molecule has 0 saturated carbocycles. The van der Waals surface area contributed by atoms with Crippen molar-refractivity contribution in [2.24, 2.45) is 0 Å². The quantitative estimate of drug-likeness (QED) is 0.532. The lowest BCUT2D eigenvalue weighted by Crippen LogP contribution is -1.62. The molecule has 2 heteroatoms. The number of hydrogen-bond acceptors (Lipinski definition) is 2. The average Bonchev–Trinajstić information content (AvgIpc) is 2.14. The van der Waals surface area contributed by atoms with Gasteiger partial charge in [-0.2, -0.15) is 0 Å². The first-order chi connectivity index (χ1) is 3.43. The lowest BCUT2D eigenvalue weighted by Gasteiger charge is -1.63. The minimum Gasteiger partial charge on any atom is -0.284 e. The second-order valence-corrected chi connectivity index (χ2v) is 2.03. The van der Waals surface area contributed by atoms with Crippen molar-refractivity contribution in [2.45, 2.75) is 0 Å². The fraction of sp³-hybridized carbons (Fsp3) is 0. The van der Waals surface area contributed by atoms with Gasteiger partial charge in [-0.05, 0) is 11.4 Å². The van der Waals surface area contributed by atoms with E-state index in [2.05, 4.69) is 0 Å². The van der Waals surface area contributed by atoms with Crippen LogP contribution in [0.2, 0.25) is 0 Å². The van der Waals surface area contributed by atoms with Gasteiger partial charge in [-0.3, -0.25) is 4.79 Å².